The largest absolute Gasteiger partial charge is 0.446 e. The Morgan fingerprint density at radius 2 is 1.88 bits per heavy atom. The Bertz CT molecular complexity index is 714. The fourth-order valence-electron chi connectivity index (χ4n) is 8.96. The lowest BCUT2D eigenvalue weighted by atomic mass is 9.47. The molecule has 4 aliphatic carbocycles. The third-order valence-electron chi connectivity index (χ3n) is 10.7. The Balaban J connectivity index is 1.45. The maximum Gasteiger partial charge on any atom is 0.407 e. The number of ether oxygens (including phenoxy) is 1. The molecule has 0 radical (unpaired) electrons. The first-order valence-corrected chi connectivity index (χ1v) is 13.8. The van der Waals surface area contributed by atoms with Gasteiger partial charge >= 0.3 is 6.09 Å². The van der Waals surface area contributed by atoms with E-state index in [0.717, 1.165) is 48.3 Å². The average Bonchev–Trinajstić information content (AvgIpc) is 3.11. The lowest BCUT2D eigenvalue weighted by Gasteiger charge is -2.58. The number of carbonyl (C=O) groups excluding carboxylic acids is 1. The van der Waals surface area contributed by atoms with Crippen LogP contribution in [0.1, 0.15) is 105 Å². The highest BCUT2D eigenvalue weighted by molar-refractivity contribution is 5.66. The molecule has 1 N–H and O–H groups in total. The summed E-state index contributed by atoms with van der Waals surface area (Å²) in [5, 5.41) is 2.62. The summed E-state index contributed by atoms with van der Waals surface area (Å²) < 4.78 is 5.65. The number of amides is 1. The number of alkyl carbamates (subject to hydrolysis) is 1. The predicted octanol–water partition coefficient (Wildman–Crippen LogP) is 7.75. The van der Waals surface area contributed by atoms with Crippen LogP contribution < -0.4 is 5.32 Å². The summed E-state index contributed by atoms with van der Waals surface area (Å²) in [6.45, 7) is 12.5. The molecule has 8 atom stereocenters. The Morgan fingerprint density at radius 3 is 2.59 bits per heavy atom. The van der Waals surface area contributed by atoms with Crippen molar-refractivity contribution < 1.29 is 9.53 Å². The Kier molecular flexibility index (Phi) is 7.04. The summed E-state index contributed by atoms with van der Waals surface area (Å²) in [4.78, 5) is 11.7. The molecular weight excluding hydrogens is 394 g/mol. The molecule has 4 aliphatic rings. The Hall–Kier alpha value is -0.990. The number of rotatable bonds is 6. The first-order valence-electron chi connectivity index (χ1n) is 13.8. The van der Waals surface area contributed by atoms with E-state index in [1.165, 1.54) is 57.8 Å². The zero-order valence-electron chi connectivity index (χ0n) is 21.7. The monoisotopic (exact) mass is 443 g/mol. The summed E-state index contributed by atoms with van der Waals surface area (Å²) in [5.41, 5.74) is 2.48. The van der Waals surface area contributed by atoms with E-state index in [1.807, 2.05) is 0 Å². The SMILES string of the molecule is CNC(=O)OC1CCC2(C)C(=CCC3C2CCC2(C)C(C(C)CCCC(C)C)CCC32)C1. The molecule has 3 saturated carbocycles. The Labute approximate surface area is 197 Å². The van der Waals surface area contributed by atoms with Crippen LogP contribution in [0.15, 0.2) is 11.6 Å². The zero-order valence-corrected chi connectivity index (χ0v) is 21.7. The molecule has 0 saturated heterocycles. The Morgan fingerprint density at radius 1 is 1.09 bits per heavy atom. The molecule has 8 unspecified atom stereocenters. The second kappa shape index (κ2) is 9.34. The number of fused-ring (bicyclic) bond motifs is 5. The molecular formula is C29H49NO2. The number of nitrogens with one attached hydrogen (secondary N) is 1. The van der Waals surface area contributed by atoms with Crippen molar-refractivity contribution in [1.29, 1.82) is 0 Å². The van der Waals surface area contributed by atoms with Gasteiger partial charge in [-0.1, -0.05) is 65.5 Å². The standard InChI is InChI=1S/C29H49NO2/c1-19(2)8-7-9-20(3)24-12-13-25-23-11-10-21-18-22(32-27(31)30-6)14-16-28(21,4)26(23)15-17-29(24,25)5/h10,19-20,22-26H,7-9,11-18H2,1-6H3,(H,30,31). The van der Waals surface area contributed by atoms with Gasteiger partial charge < -0.3 is 10.1 Å². The highest BCUT2D eigenvalue weighted by atomic mass is 16.6. The second-order valence-corrected chi connectivity index (χ2v) is 12.8. The fourth-order valence-corrected chi connectivity index (χ4v) is 8.96. The minimum Gasteiger partial charge on any atom is -0.446 e. The molecule has 0 aromatic carbocycles. The molecule has 1 amide bonds. The van der Waals surface area contributed by atoms with E-state index in [9.17, 15) is 4.79 Å². The number of hydrogen-bond acceptors (Lipinski definition) is 2. The van der Waals surface area contributed by atoms with Gasteiger partial charge in [-0.15, -0.1) is 0 Å². The van der Waals surface area contributed by atoms with Crippen LogP contribution in [0.2, 0.25) is 0 Å². The predicted molar refractivity (Wildman–Crippen MR) is 132 cm³/mol. The van der Waals surface area contributed by atoms with Crippen LogP contribution in [0.25, 0.3) is 0 Å². The third-order valence-corrected chi connectivity index (χ3v) is 10.7. The molecule has 32 heavy (non-hydrogen) atoms. The molecule has 0 bridgehead atoms. The van der Waals surface area contributed by atoms with E-state index in [-0.39, 0.29) is 12.2 Å². The molecule has 0 spiro atoms. The molecule has 0 aliphatic heterocycles. The molecule has 4 rings (SSSR count). The van der Waals surface area contributed by atoms with Crippen molar-refractivity contribution in [3.63, 3.8) is 0 Å². The van der Waals surface area contributed by atoms with Crippen molar-refractivity contribution in [2.45, 2.75) is 111 Å². The summed E-state index contributed by atoms with van der Waals surface area (Å²) in [6.07, 6.45) is 16.7. The van der Waals surface area contributed by atoms with Crippen molar-refractivity contribution in [1.82, 2.24) is 5.32 Å². The first kappa shape index (κ1) is 24.1. The van der Waals surface area contributed by atoms with E-state index in [4.69, 9.17) is 4.74 Å². The quantitative estimate of drug-likeness (QED) is 0.426. The van der Waals surface area contributed by atoms with Crippen LogP contribution in [0.3, 0.4) is 0 Å². The molecule has 3 fully saturated rings. The van der Waals surface area contributed by atoms with Crippen molar-refractivity contribution in [2.24, 2.45) is 46.3 Å². The van der Waals surface area contributed by atoms with Crippen molar-refractivity contribution in [2.75, 3.05) is 7.05 Å². The molecule has 3 nitrogen and oxygen atoms in total. The summed E-state index contributed by atoms with van der Waals surface area (Å²) in [6, 6.07) is 0. The molecule has 182 valence electrons. The summed E-state index contributed by atoms with van der Waals surface area (Å²) >= 11 is 0. The summed E-state index contributed by atoms with van der Waals surface area (Å²) in [5.74, 6) is 5.25. The third kappa shape index (κ3) is 4.27. The van der Waals surface area contributed by atoms with Crippen LogP contribution in [0.5, 0.6) is 0 Å². The first-order chi connectivity index (χ1) is 15.2. The van der Waals surface area contributed by atoms with Gasteiger partial charge in [0.2, 0.25) is 0 Å². The van der Waals surface area contributed by atoms with Crippen LogP contribution in [0, 0.1) is 46.3 Å². The van der Waals surface area contributed by atoms with Gasteiger partial charge in [-0.3, -0.25) is 0 Å². The summed E-state index contributed by atoms with van der Waals surface area (Å²) in [7, 11) is 1.65. The van der Waals surface area contributed by atoms with Gasteiger partial charge in [-0.25, -0.2) is 4.79 Å². The lowest BCUT2D eigenvalue weighted by molar-refractivity contribution is -0.0580. The average molecular weight is 444 g/mol. The number of allylic oxidation sites excluding steroid dienone is 1. The normalized spacial score (nSPS) is 41.8. The van der Waals surface area contributed by atoms with Gasteiger partial charge in [0, 0.05) is 13.5 Å². The molecule has 3 heteroatoms. The second-order valence-electron chi connectivity index (χ2n) is 12.8. The van der Waals surface area contributed by atoms with Crippen LogP contribution in [0.4, 0.5) is 4.79 Å². The van der Waals surface area contributed by atoms with Gasteiger partial charge in [-0.05, 0) is 91.3 Å². The molecule has 0 aromatic rings. The van der Waals surface area contributed by atoms with Gasteiger partial charge in [0.15, 0.2) is 0 Å². The van der Waals surface area contributed by atoms with E-state index in [1.54, 1.807) is 12.6 Å². The van der Waals surface area contributed by atoms with Crippen molar-refractivity contribution in [3.8, 4) is 0 Å². The molecule has 0 heterocycles. The van der Waals surface area contributed by atoms with Gasteiger partial charge in [0.05, 0.1) is 0 Å². The van der Waals surface area contributed by atoms with Crippen LogP contribution in [-0.2, 0) is 4.74 Å². The van der Waals surface area contributed by atoms with Gasteiger partial charge in [-0.2, -0.15) is 0 Å². The lowest BCUT2D eigenvalue weighted by Crippen LogP contribution is -2.51. The number of carbonyl (C=O) groups is 1. The minimum atomic E-state index is -0.277. The smallest absolute Gasteiger partial charge is 0.407 e. The van der Waals surface area contributed by atoms with E-state index in [0.29, 0.717) is 10.8 Å². The highest BCUT2D eigenvalue weighted by Crippen LogP contribution is 2.67. The van der Waals surface area contributed by atoms with E-state index < -0.39 is 0 Å². The minimum absolute atomic E-state index is 0.0576. The zero-order chi connectivity index (χ0) is 23.1. The highest BCUT2D eigenvalue weighted by Gasteiger charge is 2.59. The van der Waals surface area contributed by atoms with Gasteiger partial charge in [0.25, 0.3) is 0 Å². The van der Waals surface area contributed by atoms with E-state index in [2.05, 4.69) is 46.0 Å². The maximum absolute atomic E-state index is 11.7. The maximum atomic E-state index is 11.7. The topological polar surface area (TPSA) is 38.3 Å². The fraction of sp³-hybridized carbons (Fsp3) is 0.897. The van der Waals surface area contributed by atoms with Gasteiger partial charge in [0.1, 0.15) is 6.10 Å². The van der Waals surface area contributed by atoms with Crippen molar-refractivity contribution >= 4 is 6.09 Å². The number of hydrogen-bond donors (Lipinski definition) is 1. The van der Waals surface area contributed by atoms with E-state index >= 15 is 0 Å². The van der Waals surface area contributed by atoms with Crippen LogP contribution in [-0.4, -0.2) is 19.2 Å². The van der Waals surface area contributed by atoms with Crippen LogP contribution >= 0.6 is 0 Å². The van der Waals surface area contributed by atoms with Crippen molar-refractivity contribution in [3.05, 3.63) is 11.6 Å². The molecule has 0 aromatic heterocycles.